The van der Waals surface area contributed by atoms with E-state index < -0.39 is 0 Å². The Kier molecular flexibility index (Phi) is 5.15. The zero-order valence-corrected chi connectivity index (χ0v) is 12.4. The number of hydrogen-bond acceptors (Lipinski definition) is 0. The normalized spacial score (nSPS) is 30.2. The summed E-state index contributed by atoms with van der Waals surface area (Å²) in [5.74, 6) is 1.91. The number of alkyl halides is 1. The molecular formula is C14H27Br. The highest BCUT2D eigenvalue weighted by Gasteiger charge is 2.33. The van der Waals surface area contributed by atoms with Crippen LogP contribution in [-0.4, -0.2) is 4.83 Å². The molecule has 1 saturated carbocycles. The highest BCUT2D eigenvalue weighted by atomic mass is 79.9. The predicted molar refractivity (Wildman–Crippen MR) is 72.5 cm³/mol. The van der Waals surface area contributed by atoms with E-state index in [4.69, 9.17) is 0 Å². The van der Waals surface area contributed by atoms with Gasteiger partial charge in [-0.1, -0.05) is 50.0 Å². The first-order chi connectivity index (χ1) is 7.01. The number of hydrogen-bond donors (Lipinski definition) is 0. The van der Waals surface area contributed by atoms with Gasteiger partial charge in [-0.2, -0.15) is 0 Å². The van der Waals surface area contributed by atoms with Crippen LogP contribution in [0.25, 0.3) is 0 Å². The Labute approximate surface area is 104 Å². The maximum atomic E-state index is 3.83. The summed E-state index contributed by atoms with van der Waals surface area (Å²) < 4.78 is 0. The minimum Gasteiger partial charge on any atom is -0.0888 e. The average Bonchev–Trinajstić information content (AvgIpc) is 2.28. The molecule has 0 N–H and O–H groups in total. The van der Waals surface area contributed by atoms with E-state index in [9.17, 15) is 0 Å². The van der Waals surface area contributed by atoms with E-state index in [-0.39, 0.29) is 0 Å². The van der Waals surface area contributed by atoms with Crippen molar-refractivity contribution in [3.63, 3.8) is 0 Å². The lowest BCUT2D eigenvalue weighted by atomic mass is 9.67. The van der Waals surface area contributed by atoms with Crippen LogP contribution in [0.2, 0.25) is 0 Å². The minimum atomic E-state index is 0.568. The molecule has 0 amide bonds. The molecule has 1 aliphatic rings. The molecule has 0 saturated heterocycles. The number of halogens is 1. The summed E-state index contributed by atoms with van der Waals surface area (Å²) in [6, 6.07) is 0. The lowest BCUT2D eigenvalue weighted by Crippen LogP contribution is -2.30. The Balaban J connectivity index is 2.42. The fourth-order valence-corrected chi connectivity index (χ4v) is 3.41. The van der Waals surface area contributed by atoms with Gasteiger partial charge in [-0.3, -0.25) is 0 Å². The topological polar surface area (TPSA) is 0 Å². The van der Waals surface area contributed by atoms with Gasteiger partial charge in [0.2, 0.25) is 0 Å². The highest BCUT2D eigenvalue weighted by Crippen LogP contribution is 2.43. The molecule has 1 rings (SSSR count). The largest absolute Gasteiger partial charge is 0.0888 e. The first-order valence-electron chi connectivity index (χ1n) is 6.65. The predicted octanol–water partition coefficient (Wildman–Crippen LogP) is 5.40. The summed E-state index contributed by atoms with van der Waals surface area (Å²) in [5.41, 5.74) is 0.568. The Bertz CT molecular complexity index is 178. The van der Waals surface area contributed by atoms with Crippen molar-refractivity contribution in [3.8, 4) is 0 Å². The third-order valence-electron chi connectivity index (χ3n) is 4.69. The molecule has 0 bridgehead atoms. The maximum absolute atomic E-state index is 3.83. The molecule has 90 valence electrons. The van der Waals surface area contributed by atoms with Crippen molar-refractivity contribution in [1.82, 2.24) is 0 Å². The molecule has 1 atom stereocenters. The third kappa shape index (κ3) is 3.47. The van der Waals surface area contributed by atoms with Crippen LogP contribution in [0.15, 0.2) is 0 Å². The summed E-state index contributed by atoms with van der Waals surface area (Å²) in [5, 5.41) is 0. The van der Waals surface area contributed by atoms with Gasteiger partial charge in [-0.25, -0.2) is 0 Å². The highest BCUT2D eigenvalue weighted by molar-refractivity contribution is 9.09. The van der Waals surface area contributed by atoms with Crippen LogP contribution in [-0.2, 0) is 0 Å². The lowest BCUT2D eigenvalue weighted by Gasteiger charge is -2.40. The van der Waals surface area contributed by atoms with Crippen molar-refractivity contribution in [2.75, 3.05) is 0 Å². The van der Waals surface area contributed by atoms with Crippen LogP contribution >= 0.6 is 15.9 Å². The average molecular weight is 275 g/mol. The van der Waals surface area contributed by atoms with E-state index in [0.717, 1.165) is 16.7 Å². The van der Waals surface area contributed by atoms with Gasteiger partial charge in [-0.15, -0.1) is 0 Å². The Morgan fingerprint density at radius 3 is 2.07 bits per heavy atom. The Morgan fingerprint density at radius 2 is 1.67 bits per heavy atom. The summed E-state index contributed by atoms with van der Waals surface area (Å²) in [6.45, 7) is 9.53. The third-order valence-corrected chi connectivity index (χ3v) is 6.08. The van der Waals surface area contributed by atoms with Crippen molar-refractivity contribution in [1.29, 1.82) is 0 Å². The van der Waals surface area contributed by atoms with Crippen molar-refractivity contribution in [2.45, 2.75) is 71.0 Å². The van der Waals surface area contributed by atoms with Crippen molar-refractivity contribution >= 4 is 15.9 Å². The van der Waals surface area contributed by atoms with Gasteiger partial charge in [0, 0.05) is 4.83 Å². The van der Waals surface area contributed by atoms with Gasteiger partial charge < -0.3 is 0 Å². The lowest BCUT2D eigenvalue weighted by molar-refractivity contribution is 0.127. The Morgan fingerprint density at radius 1 is 1.13 bits per heavy atom. The second-order valence-corrected chi connectivity index (χ2v) is 7.05. The SMILES string of the molecule is CCC(Br)C1CCC(C(C)(C)CC)CC1. The van der Waals surface area contributed by atoms with Gasteiger partial charge in [0.25, 0.3) is 0 Å². The molecule has 1 unspecified atom stereocenters. The van der Waals surface area contributed by atoms with E-state index >= 15 is 0 Å². The molecule has 0 aromatic carbocycles. The molecule has 0 spiro atoms. The zero-order chi connectivity index (χ0) is 11.5. The van der Waals surface area contributed by atoms with Crippen molar-refractivity contribution < 1.29 is 0 Å². The summed E-state index contributed by atoms with van der Waals surface area (Å²) in [6.07, 6.45) is 8.40. The molecule has 0 aliphatic heterocycles. The van der Waals surface area contributed by atoms with E-state index in [1.165, 1.54) is 38.5 Å². The number of rotatable bonds is 4. The zero-order valence-electron chi connectivity index (χ0n) is 10.9. The van der Waals surface area contributed by atoms with E-state index in [2.05, 4.69) is 43.6 Å². The minimum absolute atomic E-state index is 0.568. The molecule has 0 nitrogen and oxygen atoms in total. The van der Waals surface area contributed by atoms with Crippen LogP contribution in [0.3, 0.4) is 0 Å². The second-order valence-electron chi connectivity index (χ2n) is 5.88. The molecule has 0 aromatic rings. The van der Waals surface area contributed by atoms with Crippen LogP contribution in [0, 0.1) is 17.3 Å². The molecular weight excluding hydrogens is 248 g/mol. The monoisotopic (exact) mass is 274 g/mol. The fraction of sp³-hybridized carbons (Fsp3) is 1.00. The molecule has 0 radical (unpaired) electrons. The van der Waals surface area contributed by atoms with Gasteiger partial charge >= 0.3 is 0 Å². The first-order valence-corrected chi connectivity index (χ1v) is 7.56. The van der Waals surface area contributed by atoms with Gasteiger partial charge in [0.15, 0.2) is 0 Å². The van der Waals surface area contributed by atoms with Gasteiger partial charge in [-0.05, 0) is 49.4 Å². The van der Waals surface area contributed by atoms with Crippen molar-refractivity contribution in [3.05, 3.63) is 0 Å². The fourth-order valence-electron chi connectivity index (χ4n) is 2.88. The smallest absolute Gasteiger partial charge is 0.0171 e. The standard InChI is InChI=1S/C14H27Br/c1-5-13(15)11-7-9-12(10-8-11)14(3,4)6-2/h11-13H,5-10H2,1-4H3. The first kappa shape index (κ1) is 13.5. The van der Waals surface area contributed by atoms with Crippen LogP contribution in [0.1, 0.15) is 66.2 Å². The van der Waals surface area contributed by atoms with Crippen molar-refractivity contribution in [2.24, 2.45) is 17.3 Å². The quantitative estimate of drug-likeness (QED) is 0.602. The molecule has 0 aromatic heterocycles. The summed E-state index contributed by atoms with van der Waals surface area (Å²) in [4.78, 5) is 0.767. The maximum Gasteiger partial charge on any atom is 0.0171 e. The van der Waals surface area contributed by atoms with E-state index in [0.29, 0.717) is 5.41 Å². The molecule has 15 heavy (non-hydrogen) atoms. The summed E-state index contributed by atoms with van der Waals surface area (Å²) >= 11 is 3.83. The van der Waals surface area contributed by atoms with Gasteiger partial charge in [0.1, 0.15) is 0 Å². The molecule has 1 aliphatic carbocycles. The molecule has 1 fully saturated rings. The molecule has 1 heteroatoms. The van der Waals surface area contributed by atoms with Crippen LogP contribution in [0.4, 0.5) is 0 Å². The van der Waals surface area contributed by atoms with Crippen LogP contribution in [0.5, 0.6) is 0 Å². The second kappa shape index (κ2) is 5.70. The summed E-state index contributed by atoms with van der Waals surface area (Å²) in [7, 11) is 0. The van der Waals surface area contributed by atoms with Gasteiger partial charge in [0.05, 0.1) is 0 Å². The Hall–Kier alpha value is 0.480. The van der Waals surface area contributed by atoms with E-state index in [1.54, 1.807) is 0 Å². The van der Waals surface area contributed by atoms with Crippen LogP contribution < -0.4 is 0 Å². The van der Waals surface area contributed by atoms with E-state index in [1.807, 2.05) is 0 Å². The molecule has 0 heterocycles.